The first-order valence-corrected chi connectivity index (χ1v) is 16.1. The molecule has 0 spiro atoms. The van der Waals surface area contributed by atoms with Crippen molar-refractivity contribution in [2.75, 3.05) is 43.6 Å². The van der Waals surface area contributed by atoms with Crippen molar-refractivity contribution in [2.24, 2.45) is 5.92 Å². The number of ether oxygens (including phenoxy) is 3. The van der Waals surface area contributed by atoms with E-state index in [1.165, 1.54) is 11.0 Å². The molecule has 3 aromatic rings. The minimum absolute atomic E-state index is 0.0614. The fraction of sp³-hybridized carbons (Fsp3) is 0.379. The average molecular weight is 631 g/mol. The van der Waals surface area contributed by atoms with Crippen molar-refractivity contribution < 1.29 is 37.3 Å². The molecule has 43 heavy (non-hydrogen) atoms. The van der Waals surface area contributed by atoms with Crippen LogP contribution in [0, 0.1) is 5.92 Å². The molecule has 2 aliphatic heterocycles. The number of aliphatic hydroxyl groups is 1. The van der Waals surface area contributed by atoms with Crippen molar-refractivity contribution in [1.29, 1.82) is 0 Å². The van der Waals surface area contributed by atoms with Crippen molar-refractivity contribution >= 4 is 44.7 Å². The zero-order valence-electron chi connectivity index (χ0n) is 24.0. The second kappa shape index (κ2) is 12.7. The Labute approximate surface area is 254 Å². The topological polar surface area (TPSA) is 147 Å². The SMILES string of the molecule is C[C@H]1CN([C@@H](C)CO)C(=O)Cc2cc(NS(=O)(=O)c3cccs3)ccc2O[C@H]1CN(C)C(=O)Nc1ccc2c(c1)OCO2. The Morgan fingerprint density at radius 2 is 1.88 bits per heavy atom. The van der Waals surface area contributed by atoms with Crippen LogP contribution in [0.5, 0.6) is 17.2 Å². The van der Waals surface area contributed by atoms with E-state index in [4.69, 9.17) is 14.2 Å². The van der Waals surface area contributed by atoms with E-state index in [9.17, 15) is 23.1 Å². The van der Waals surface area contributed by atoms with Gasteiger partial charge in [0.05, 0.1) is 25.6 Å². The van der Waals surface area contributed by atoms with E-state index in [2.05, 4.69) is 10.0 Å². The number of hydrogen-bond donors (Lipinski definition) is 3. The lowest BCUT2D eigenvalue weighted by atomic mass is 10.0. The number of aliphatic hydroxyl groups excluding tert-OH is 1. The minimum Gasteiger partial charge on any atom is -0.488 e. The van der Waals surface area contributed by atoms with E-state index >= 15 is 0 Å². The molecule has 2 aromatic carbocycles. The van der Waals surface area contributed by atoms with Crippen LogP contribution in [0.25, 0.3) is 0 Å². The Kier molecular flexibility index (Phi) is 8.99. The third-order valence-electron chi connectivity index (χ3n) is 7.35. The molecular formula is C29H34N4O8S2. The molecule has 0 aliphatic carbocycles. The maximum Gasteiger partial charge on any atom is 0.321 e. The summed E-state index contributed by atoms with van der Waals surface area (Å²) in [5, 5.41) is 14.4. The van der Waals surface area contributed by atoms with Gasteiger partial charge in [-0.3, -0.25) is 9.52 Å². The van der Waals surface area contributed by atoms with Gasteiger partial charge in [-0.2, -0.15) is 0 Å². The van der Waals surface area contributed by atoms with Crippen LogP contribution in [0.2, 0.25) is 0 Å². The first-order chi connectivity index (χ1) is 20.5. The summed E-state index contributed by atoms with van der Waals surface area (Å²) in [6.45, 7) is 4.05. The lowest BCUT2D eigenvalue weighted by Gasteiger charge is -2.34. The van der Waals surface area contributed by atoms with Gasteiger partial charge in [-0.1, -0.05) is 13.0 Å². The van der Waals surface area contributed by atoms with Crippen LogP contribution >= 0.6 is 11.3 Å². The van der Waals surface area contributed by atoms with Gasteiger partial charge in [0, 0.05) is 42.5 Å². The monoisotopic (exact) mass is 630 g/mol. The standard InChI is InChI=1S/C29H34N4O8S2/c1-18-14-33(19(2)16-34)27(35)12-20-11-22(31-43(37,38)28-5-4-10-42-28)7-8-23(20)41-26(18)15-32(3)29(36)30-21-6-9-24-25(13-21)40-17-39-24/h4-11,13,18-19,26,31,34H,12,14-17H2,1-3H3,(H,30,36)/t18-,19-,26-/m0/s1. The first-order valence-electron chi connectivity index (χ1n) is 13.7. The van der Waals surface area contributed by atoms with Crippen LogP contribution in [0.4, 0.5) is 16.2 Å². The summed E-state index contributed by atoms with van der Waals surface area (Å²) >= 11 is 1.10. The molecule has 0 radical (unpaired) electrons. The van der Waals surface area contributed by atoms with E-state index in [-0.39, 0.29) is 60.7 Å². The minimum atomic E-state index is -3.80. The Balaban J connectivity index is 1.38. The van der Waals surface area contributed by atoms with Crippen molar-refractivity contribution in [3.05, 3.63) is 59.5 Å². The maximum absolute atomic E-state index is 13.5. The Bertz CT molecular complexity index is 1580. The highest BCUT2D eigenvalue weighted by molar-refractivity contribution is 7.94. The number of benzene rings is 2. The molecule has 14 heteroatoms. The fourth-order valence-electron chi connectivity index (χ4n) is 4.88. The molecule has 1 aromatic heterocycles. The Morgan fingerprint density at radius 3 is 2.63 bits per heavy atom. The Morgan fingerprint density at radius 1 is 1.14 bits per heavy atom. The summed E-state index contributed by atoms with van der Waals surface area (Å²) < 4.78 is 45.6. The zero-order valence-corrected chi connectivity index (χ0v) is 25.6. The van der Waals surface area contributed by atoms with E-state index in [1.807, 2.05) is 6.92 Å². The fourth-order valence-corrected chi connectivity index (χ4v) is 6.92. The number of rotatable bonds is 8. The second-order valence-electron chi connectivity index (χ2n) is 10.6. The van der Waals surface area contributed by atoms with Crippen LogP contribution < -0.4 is 24.2 Å². The van der Waals surface area contributed by atoms with Gasteiger partial charge >= 0.3 is 6.03 Å². The second-order valence-corrected chi connectivity index (χ2v) is 13.5. The smallest absolute Gasteiger partial charge is 0.321 e. The van der Waals surface area contributed by atoms with Crippen LogP contribution in [0.1, 0.15) is 19.4 Å². The third kappa shape index (κ3) is 6.98. The Hall–Kier alpha value is -4.01. The van der Waals surface area contributed by atoms with E-state index in [0.29, 0.717) is 28.5 Å². The van der Waals surface area contributed by atoms with Crippen molar-refractivity contribution in [3.63, 3.8) is 0 Å². The molecule has 0 saturated heterocycles. The summed E-state index contributed by atoms with van der Waals surface area (Å²) in [5.74, 6) is 1.10. The van der Waals surface area contributed by atoms with Gasteiger partial charge in [0.2, 0.25) is 12.7 Å². The molecule has 2 aliphatic rings. The number of thiophene rings is 1. The van der Waals surface area contributed by atoms with Gasteiger partial charge in [-0.05, 0) is 48.7 Å². The molecule has 0 fully saturated rings. The third-order valence-corrected chi connectivity index (χ3v) is 10.1. The van der Waals surface area contributed by atoms with Gasteiger partial charge in [-0.25, -0.2) is 13.2 Å². The van der Waals surface area contributed by atoms with Gasteiger partial charge < -0.3 is 34.4 Å². The summed E-state index contributed by atoms with van der Waals surface area (Å²) in [6.07, 6.45) is -0.604. The molecule has 0 saturated carbocycles. The number of carbonyl (C=O) groups excluding carboxylic acids is 2. The number of anilines is 2. The number of amides is 3. The molecule has 3 N–H and O–H groups in total. The quantitative estimate of drug-likeness (QED) is 0.342. The molecule has 230 valence electrons. The van der Waals surface area contributed by atoms with Crippen molar-refractivity contribution in [1.82, 2.24) is 9.80 Å². The predicted molar refractivity (Wildman–Crippen MR) is 161 cm³/mol. The predicted octanol–water partition coefficient (Wildman–Crippen LogP) is 3.59. The van der Waals surface area contributed by atoms with Crippen molar-refractivity contribution in [3.8, 4) is 17.2 Å². The molecule has 0 bridgehead atoms. The number of hydrogen-bond acceptors (Lipinski definition) is 9. The number of fused-ring (bicyclic) bond motifs is 2. The number of carbonyl (C=O) groups is 2. The number of likely N-dealkylation sites (N-methyl/N-ethyl adjacent to an activating group) is 1. The molecule has 12 nitrogen and oxygen atoms in total. The van der Waals surface area contributed by atoms with Gasteiger partial charge in [0.25, 0.3) is 10.0 Å². The number of nitrogens with one attached hydrogen (secondary N) is 2. The van der Waals surface area contributed by atoms with E-state index in [1.54, 1.807) is 66.7 Å². The van der Waals surface area contributed by atoms with E-state index < -0.39 is 22.2 Å². The van der Waals surface area contributed by atoms with Crippen molar-refractivity contribution in [2.45, 2.75) is 36.6 Å². The summed E-state index contributed by atoms with van der Waals surface area (Å²) in [5.41, 5.74) is 1.31. The average Bonchev–Trinajstić information content (AvgIpc) is 3.69. The highest BCUT2D eigenvalue weighted by atomic mass is 32.2. The molecular weight excluding hydrogens is 596 g/mol. The van der Waals surface area contributed by atoms with Gasteiger partial charge in [0.1, 0.15) is 16.1 Å². The van der Waals surface area contributed by atoms with Gasteiger partial charge in [0.15, 0.2) is 11.5 Å². The lowest BCUT2D eigenvalue weighted by molar-refractivity contribution is -0.134. The molecule has 3 atom stereocenters. The van der Waals surface area contributed by atoms with Crippen LogP contribution in [-0.4, -0.2) is 80.9 Å². The van der Waals surface area contributed by atoms with Gasteiger partial charge in [-0.15, -0.1) is 11.3 Å². The normalized spacial score (nSPS) is 18.9. The highest BCUT2D eigenvalue weighted by Gasteiger charge is 2.32. The zero-order chi connectivity index (χ0) is 30.7. The summed E-state index contributed by atoms with van der Waals surface area (Å²) in [4.78, 5) is 29.7. The molecule has 3 amide bonds. The molecule has 3 heterocycles. The molecule has 0 unspecified atom stereocenters. The van der Waals surface area contributed by atoms with E-state index in [0.717, 1.165) is 11.3 Å². The number of urea groups is 1. The number of nitrogens with zero attached hydrogens (tertiary/aromatic N) is 2. The van der Waals surface area contributed by atoms with Crippen LogP contribution in [-0.2, 0) is 21.2 Å². The summed E-state index contributed by atoms with van der Waals surface area (Å²) in [6, 6.07) is 12.3. The van der Waals surface area contributed by atoms with Crippen LogP contribution in [0.3, 0.4) is 0 Å². The highest BCUT2D eigenvalue weighted by Crippen LogP contribution is 2.34. The van der Waals surface area contributed by atoms with Crippen LogP contribution in [0.15, 0.2) is 58.1 Å². The number of sulfonamides is 1. The molecule has 5 rings (SSSR count). The first kappa shape index (κ1) is 30.4. The lowest BCUT2D eigenvalue weighted by Crippen LogP contribution is -2.48. The summed E-state index contributed by atoms with van der Waals surface area (Å²) in [7, 11) is -2.16. The maximum atomic E-state index is 13.5. The largest absolute Gasteiger partial charge is 0.488 e.